The molecule has 4 rings (SSSR count). The fourth-order valence-corrected chi connectivity index (χ4v) is 6.27. The number of carbonyl (C=O) groups is 1. The average molecular weight is 549 g/mol. The zero-order valence-corrected chi connectivity index (χ0v) is 21.2. The van der Waals surface area contributed by atoms with Crippen LogP contribution in [-0.2, 0) is 14.8 Å². The van der Waals surface area contributed by atoms with Crippen LogP contribution in [0.4, 0.5) is 11.4 Å². The van der Waals surface area contributed by atoms with Crippen molar-refractivity contribution in [3.8, 4) is 0 Å². The Balaban J connectivity index is 1.56. The van der Waals surface area contributed by atoms with E-state index in [4.69, 9.17) is 23.2 Å². The van der Waals surface area contributed by atoms with Crippen molar-refractivity contribution >= 4 is 50.5 Å². The van der Waals surface area contributed by atoms with Gasteiger partial charge >= 0.3 is 0 Å². The highest BCUT2D eigenvalue weighted by Gasteiger charge is 2.37. The van der Waals surface area contributed by atoms with Gasteiger partial charge in [0.05, 0.1) is 4.92 Å². The van der Waals surface area contributed by atoms with Crippen LogP contribution < -0.4 is 5.32 Å². The summed E-state index contributed by atoms with van der Waals surface area (Å²) in [5.41, 5.74) is 0.704. The summed E-state index contributed by atoms with van der Waals surface area (Å²) in [4.78, 5) is 25.6. The second-order valence-corrected chi connectivity index (χ2v) is 10.9. The fourth-order valence-electron chi connectivity index (χ4n) is 4.17. The van der Waals surface area contributed by atoms with Crippen LogP contribution in [-0.4, -0.2) is 54.6 Å². The summed E-state index contributed by atoms with van der Waals surface area (Å²) in [7, 11) is -4.09. The van der Waals surface area contributed by atoms with Crippen LogP contribution in [0.3, 0.4) is 0 Å². The summed E-state index contributed by atoms with van der Waals surface area (Å²) in [5, 5.41) is 15.0. The number of benzene rings is 3. The SMILES string of the molecule is O=C(Nc1cc(Cl)cc(Cl)c1)C(c1ccccc1)N1CCN(S(=O)(=O)c2ccccc2[N+](=O)[O-])CC1. The van der Waals surface area contributed by atoms with Crippen LogP contribution >= 0.6 is 23.2 Å². The molecule has 36 heavy (non-hydrogen) atoms. The molecule has 1 unspecified atom stereocenters. The lowest BCUT2D eigenvalue weighted by molar-refractivity contribution is -0.387. The largest absolute Gasteiger partial charge is 0.324 e. The fraction of sp³-hybridized carbons (Fsp3) is 0.208. The topological polar surface area (TPSA) is 113 Å². The number of rotatable bonds is 7. The average Bonchev–Trinajstić information content (AvgIpc) is 2.84. The number of hydrogen-bond donors (Lipinski definition) is 1. The molecule has 1 aliphatic heterocycles. The molecule has 0 bridgehead atoms. The van der Waals surface area contributed by atoms with E-state index in [1.165, 1.54) is 28.6 Å². The molecule has 1 fully saturated rings. The molecule has 188 valence electrons. The van der Waals surface area contributed by atoms with Crippen LogP contribution in [0.2, 0.25) is 10.0 Å². The van der Waals surface area contributed by atoms with Crippen LogP contribution in [0.25, 0.3) is 0 Å². The predicted molar refractivity (Wildman–Crippen MR) is 138 cm³/mol. The number of carbonyl (C=O) groups excluding carboxylic acids is 1. The van der Waals surface area contributed by atoms with E-state index < -0.39 is 26.7 Å². The molecule has 0 spiro atoms. The lowest BCUT2D eigenvalue weighted by Gasteiger charge is -2.38. The van der Waals surface area contributed by atoms with Gasteiger partial charge in [0.25, 0.3) is 5.69 Å². The number of halogens is 2. The molecule has 3 aromatic carbocycles. The van der Waals surface area contributed by atoms with Gasteiger partial charge in [0.2, 0.25) is 15.9 Å². The maximum Gasteiger partial charge on any atom is 0.289 e. The van der Waals surface area contributed by atoms with Gasteiger partial charge in [-0.2, -0.15) is 4.31 Å². The summed E-state index contributed by atoms with van der Waals surface area (Å²) in [5.74, 6) is -0.325. The Labute approximate surface area is 218 Å². The van der Waals surface area contributed by atoms with Crippen molar-refractivity contribution < 1.29 is 18.1 Å². The first-order chi connectivity index (χ1) is 17.2. The number of hydrogen-bond acceptors (Lipinski definition) is 6. The Morgan fingerprint density at radius 3 is 2.11 bits per heavy atom. The molecule has 1 heterocycles. The summed E-state index contributed by atoms with van der Waals surface area (Å²) in [6, 6.07) is 18.4. The van der Waals surface area contributed by atoms with Gasteiger partial charge in [-0.05, 0) is 29.8 Å². The minimum atomic E-state index is -4.09. The first-order valence-corrected chi connectivity index (χ1v) is 13.2. The Morgan fingerprint density at radius 1 is 0.917 bits per heavy atom. The van der Waals surface area contributed by atoms with Gasteiger partial charge < -0.3 is 5.32 Å². The molecule has 1 saturated heterocycles. The standard InChI is InChI=1S/C24H22Cl2N4O5S/c25-18-14-19(26)16-20(15-18)27-24(31)23(17-6-2-1-3-7-17)28-10-12-29(13-11-28)36(34,35)22-9-5-4-8-21(22)30(32)33/h1-9,14-16,23H,10-13H2,(H,27,31). The Hall–Kier alpha value is -3.02. The highest BCUT2D eigenvalue weighted by atomic mass is 35.5. The maximum absolute atomic E-state index is 13.4. The predicted octanol–water partition coefficient (Wildman–Crippen LogP) is 4.59. The van der Waals surface area contributed by atoms with Crippen LogP contribution in [0.1, 0.15) is 11.6 Å². The molecule has 0 aliphatic carbocycles. The molecule has 1 atom stereocenters. The first-order valence-electron chi connectivity index (χ1n) is 11.0. The first kappa shape index (κ1) is 26.1. The van der Waals surface area contributed by atoms with E-state index in [0.29, 0.717) is 15.7 Å². The summed E-state index contributed by atoms with van der Waals surface area (Å²) in [6.45, 7) is 0.605. The molecular formula is C24H22Cl2N4O5S. The number of para-hydroxylation sites is 1. The molecule has 0 saturated carbocycles. The molecule has 3 aromatic rings. The zero-order valence-electron chi connectivity index (χ0n) is 18.9. The van der Waals surface area contributed by atoms with Crippen molar-refractivity contribution in [2.75, 3.05) is 31.5 Å². The van der Waals surface area contributed by atoms with Crippen LogP contribution in [0.5, 0.6) is 0 Å². The van der Waals surface area contributed by atoms with Gasteiger partial charge in [-0.1, -0.05) is 65.7 Å². The third kappa shape index (κ3) is 5.69. The number of amides is 1. The molecule has 9 nitrogen and oxygen atoms in total. The molecule has 1 N–H and O–H groups in total. The third-order valence-corrected chi connectivity index (χ3v) is 8.19. The Bertz CT molecular complexity index is 1360. The van der Waals surface area contributed by atoms with Gasteiger partial charge in [-0.25, -0.2) is 8.42 Å². The monoisotopic (exact) mass is 548 g/mol. The molecule has 0 radical (unpaired) electrons. The van der Waals surface area contributed by atoms with Gasteiger partial charge in [0.15, 0.2) is 4.90 Å². The highest BCUT2D eigenvalue weighted by Crippen LogP contribution is 2.30. The highest BCUT2D eigenvalue weighted by molar-refractivity contribution is 7.89. The number of sulfonamides is 1. The molecular weight excluding hydrogens is 527 g/mol. The van der Waals surface area contributed by atoms with Gasteiger partial charge in [0.1, 0.15) is 6.04 Å². The second-order valence-electron chi connectivity index (χ2n) is 8.13. The summed E-state index contributed by atoms with van der Waals surface area (Å²) in [6.07, 6.45) is 0. The molecule has 1 amide bonds. The summed E-state index contributed by atoms with van der Waals surface area (Å²) >= 11 is 12.1. The Kier molecular flexibility index (Phi) is 7.91. The van der Waals surface area contributed by atoms with E-state index in [0.717, 1.165) is 5.56 Å². The van der Waals surface area contributed by atoms with E-state index in [-0.39, 0.29) is 37.0 Å². The second kappa shape index (κ2) is 10.9. The van der Waals surface area contributed by atoms with E-state index in [2.05, 4.69) is 5.32 Å². The number of nitrogens with one attached hydrogen (secondary N) is 1. The van der Waals surface area contributed by atoms with Crippen molar-refractivity contribution in [1.29, 1.82) is 0 Å². The molecule has 0 aromatic heterocycles. The van der Waals surface area contributed by atoms with E-state index in [1.807, 2.05) is 35.2 Å². The van der Waals surface area contributed by atoms with Gasteiger partial charge in [-0.3, -0.25) is 19.8 Å². The number of piperazine rings is 1. The Morgan fingerprint density at radius 2 is 1.50 bits per heavy atom. The molecule has 1 aliphatic rings. The third-order valence-electron chi connectivity index (χ3n) is 5.81. The molecule has 12 heteroatoms. The smallest absolute Gasteiger partial charge is 0.289 e. The van der Waals surface area contributed by atoms with E-state index in [1.54, 1.807) is 18.2 Å². The van der Waals surface area contributed by atoms with Crippen molar-refractivity contribution in [3.63, 3.8) is 0 Å². The van der Waals surface area contributed by atoms with Crippen molar-refractivity contribution in [2.24, 2.45) is 0 Å². The minimum Gasteiger partial charge on any atom is -0.324 e. The van der Waals surface area contributed by atoms with Crippen molar-refractivity contribution in [1.82, 2.24) is 9.21 Å². The number of nitro benzene ring substituents is 1. The summed E-state index contributed by atoms with van der Waals surface area (Å²) < 4.78 is 27.6. The van der Waals surface area contributed by atoms with E-state index in [9.17, 15) is 23.3 Å². The van der Waals surface area contributed by atoms with Crippen molar-refractivity contribution in [2.45, 2.75) is 10.9 Å². The normalized spacial score (nSPS) is 15.8. The van der Waals surface area contributed by atoms with E-state index >= 15 is 0 Å². The number of anilines is 1. The van der Waals surface area contributed by atoms with Gasteiger partial charge in [0, 0.05) is 48.0 Å². The minimum absolute atomic E-state index is 0.0635. The van der Waals surface area contributed by atoms with Crippen molar-refractivity contribution in [3.05, 3.63) is 98.5 Å². The lowest BCUT2D eigenvalue weighted by atomic mass is 10.0. The van der Waals surface area contributed by atoms with Gasteiger partial charge in [-0.15, -0.1) is 0 Å². The quantitative estimate of drug-likeness (QED) is 0.341. The van der Waals surface area contributed by atoms with Crippen LogP contribution in [0, 0.1) is 10.1 Å². The number of nitrogens with zero attached hydrogens (tertiary/aromatic N) is 3. The zero-order chi connectivity index (χ0) is 25.9. The number of nitro groups is 1. The maximum atomic E-state index is 13.4. The van der Waals surface area contributed by atoms with Crippen LogP contribution in [0.15, 0.2) is 77.7 Å². The lowest BCUT2D eigenvalue weighted by Crippen LogP contribution is -2.51.